The maximum absolute atomic E-state index is 12.9. The second kappa shape index (κ2) is 9.00. The Bertz CT molecular complexity index is 1140. The Balaban J connectivity index is 1.58. The Morgan fingerprint density at radius 2 is 2.16 bits per heavy atom. The maximum Gasteiger partial charge on any atom is 0.280 e. The SMILES string of the molecule is CCOc1cc2nc(CC3CCS(O)(O)C3)cn2cc1NC(=O)c1cccc(C(F)F)n1. The maximum atomic E-state index is 12.9. The zero-order valence-electron chi connectivity index (χ0n) is 17.4. The Kier molecular flexibility index (Phi) is 6.31. The number of carbonyl (C=O) groups is 1. The van der Waals surface area contributed by atoms with E-state index >= 15 is 0 Å². The van der Waals surface area contributed by atoms with Gasteiger partial charge in [0.1, 0.15) is 28.5 Å². The number of pyridine rings is 2. The number of halogens is 2. The van der Waals surface area contributed by atoms with Crippen LogP contribution in [0.5, 0.6) is 5.75 Å². The fourth-order valence-corrected chi connectivity index (χ4v) is 5.69. The topological polar surface area (TPSA) is 109 Å². The number of amides is 1. The van der Waals surface area contributed by atoms with E-state index in [1.807, 2.05) is 6.20 Å². The average Bonchev–Trinajstić information content (AvgIpc) is 3.29. The van der Waals surface area contributed by atoms with Gasteiger partial charge < -0.3 is 14.5 Å². The molecule has 1 fully saturated rings. The van der Waals surface area contributed by atoms with Crippen LogP contribution in [0.25, 0.3) is 5.65 Å². The predicted octanol–water partition coefficient (Wildman–Crippen LogP) is 4.63. The Hall–Kier alpha value is -2.76. The predicted molar refractivity (Wildman–Crippen MR) is 118 cm³/mol. The van der Waals surface area contributed by atoms with E-state index in [2.05, 4.69) is 15.3 Å². The largest absolute Gasteiger partial charge is 0.491 e. The molecule has 4 rings (SSSR count). The summed E-state index contributed by atoms with van der Waals surface area (Å²) in [5.74, 6) is 0.728. The van der Waals surface area contributed by atoms with Gasteiger partial charge in [0.15, 0.2) is 0 Å². The first kappa shape index (κ1) is 22.4. The molecule has 1 aliphatic rings. The average molecular weight is 467 g/mol. The number of nitrogens with one attached hydrogen (secondary N) is 1. The molecule has 3 aromatic rings. The number of carbonyl (C=O) groups excluding carboxylic acids is 1. The Morgan fingerprint density at radius 3 is 2.84 bits per heavy atom. The molecule has 3 aromatic heterocycles. The highest BCUT2D eigenvalue weighted by molar-refractivity contribution is 8.24. The van der Waals surface area contributed by atoms with Crippen LogP contribution >= 0.6 is 10.6 Å². The molecule has 0 aromatic carbocycles. The molecule has 0 aliphatic carbocycles. The number of hydrogen-bond donors (Lipinski definition) is 3. The third kappa shape index (κ3) is 5.00. The highest BCUT2D eigenvalue weighted by atomic mass is 32.3. The number of fused-ring (bicyclic) bond motifs is 1. The van der Waals surface area contributed by atoms with Crippen molar-refractivity contribution in [1.29, 1.82) is 0 Å². The summed E-state index contributed by atoms with van der Waals surface area (Å²) in [4.78, 5) is 20.9. The number of ether oxygens (including phenoxy) is 1. The number of rotatable bonds is 7. The number of aromatic nitrogens is 3. The van der Waals surface area contributed by atoms with Crippen molar-refractivity contribution >= 4 is 27.8 Å². The van der Waals surface area contributed by atoms with E-state index in [-0.39, 0.29) is 11.6 Å². The van der Waals surface area contributed by atoms with Crippen molar-refractivity contribution in [1.82, 2.24) is 14.4 Å². The van der Waals surface area contributed by atoms with Gasteiger partial charge in [0.2, 0.25) is 0 Å². The van der Waals surface area contributed by atoms with E-state index in [9.17, 15) is 22.7 Å². The second-order valence-corrected chi connectivity index (χ2v) is 10.1. The van der Waals surface area contributed by atoms with Crippen LogP contribution in [0.1, 0.15) is 41.6 Å². The zero-order chi connectivity index (χ0) is 22.9. The highest BCUT2D eigenvalue weighted by Gasteiger charge is 2.29. The second-order valence-electron chi connectivity index (χ2n) is 7.72. The molecule has 4 heterocycles. The fourth-order valence-electron chi connectivity index (χ4n) is 3.78. The first-order valence-electron chi connectivity index (χ1n) is 10.2. The van der Waals surface area contributed by atoms with E-state index in [4.69, 9.17) is 4.74 Å². The van der Waals surface area contributed by atoms with Crippen LogP contribution in [-0.4, -0.2) is 47.5 Å². The van der Waals surface area contributed by atoms with Crippen molar-refractivity contribution in [3.8, 4) is 5.75 Å². The van der Waals surface area contributed by atoms with Crippen molar-refractivity contribution in [2.75, 3.05) is 23.4 Å². The molecule has 1 unspecified atom stereocenters. The molecule has 3 N–H and O–H groups in total. The van der Waals surface area contributed by atoms with Crippen LogP contribution in [0, 0.1) is 5.92 Å². The van der Waals surface area contributed by atoms with Gasteiger partial charge in [0, 0.05) is 30.0 Å². The summed E-state index contributed by atoms with van der Waals surface area (Å²) in [6.07, 6.45) is 2.06. The number of anilines is 1. The summed E-state index contributed by atoms with van der Waals surface area (Å²) in [7, 11) is -2.47. The molecular weight excluding hydrogens is 442 g/mol. The smallest absolute Gasteiger partial charge is 0.280 e. The van der Waals surface area contributed by atoms with Crippen LogP contribution in [0.15, 0.2) is 36.7 Å². The molecule has 0 bridgehead atoms. The van der Waals surface area contributed by atoms with Crippen molar-refractivity contribution in [3.05, 3.63) is 53.7 Å². The number of imidazole rings is 1. The Morgan fingerprint density at radius 1 is 1.34 bits per heavy atom. The van der Waals surface area contributed by atoms with Gasteiger partial charge in [-0.1, -0.05) is 6.07 Å². The summed E-state index contributed by atoms with van der Waals surface area (Å²) < 4.78 is 52.9. The summed E-state index contributed by atoms with van der Waals surface area (Å²) in [6.45, 7) is 2.16. The molecule has 172 valence electrons. The van der Waals surface area contributed by atoms with Crippen LogP contribution in [0.4, 0.5) is 14.5 Å². The quantitative estimate of drug-likeness (QED) is 0.468. The van der Waals surface area contributed by atoms with Crippen LogP contribution < -0.4 is 10.1 Å². The summed E-state index contributed by atoms with van der Waals surface area (Å²) in [5.41, 5.74) is 1.17. The Labute approximate surface area is 185 Å². The summed E-state index contributed by atoms with van der Waals surface area (Å²) in [5, 5.41) is 2.68. The van der Waals surface area contributed by atoms with Gasteiger partial charge in [-0.05, 0) is 37.8 Å². The minimum Gasteiger partial charge on any atom is -0.491 e. The molecule has 1 saturated heterocycles. The summed E-state index contributed by atoms with van der Waals surface area (Å²) >= 11 is 0. The van der Waals surface area contributed by atoms with Crippen molar-refractivity contribution in [3.63, 3.8) is 0 Å². The van der Waals surface area contributed by atoms with Crippen molar-refractivity contribution in [2.24, 2.45) is 5.92 Å². The molecular formula is C21H24F2N4O4S. The minimum atomic E-state index is -2.77. The first-order valence-corrected chi connectivity index (χ1v) is 12.1. The molecule has 0 saturated carbocycles. The molecule has 32 heavy (non-hydrogen) atoms. The van der Waals surface area contributed by atoms with E-state index in [1.165, 1.54) is 12.1 Å². The minimum absolute atomic E-state index is 0.128. The number of hydrogen-bond acceptors (Lipinski definition) is 6. The normalized spacial score (nSPS) is 18.8. The van der Waals surface area contributed by atoms with Gasteiger partial charge in [-0.15, -0.1) is 0 Å². The molecule has 1 amide bonds. The lowest BCUT2D eigenvalue weighted by molar-refractivity contribution is 0.101. The third-order valence-electron chi connectivity index (χ3n) is 5.23. The van der Waals surface area contributed by atoms with Crippen LogP contribution in [-0.2, 0) is 6.42 Å². The van der Waals surface area contributed by atoms with Gasteiger partial charge in [0.05, 0.1) is 12.3 Å². The lowest BCUT2D eigenvalue weighted by Gasteiger charge is -2.25. The van der Waals surface area contributed by atoms with Gasteiger partial charge in [0.25, 0.3) is 12.3 Å². The van der Waals surface area contributed by atoms with Gasteiger partial charge in [-0.2, -0.15) is 10.6 Å². The standard InChI is InChI=1S/C21H24F2N4O4S/c1-2-31-18-9-19-24-14(8-13-6-7-32(29,30)12-13)10-27(19)11-17(18)26-21(28)16-5-3-4-15(25-16)20(22)23/h3-5,9-11,13,20,29-30H,2,6-8,12H2,1H3,(H,26,28). The third-order valence-corrected chi connectivity index (χ3v) is 7.13. The molecule has 0 radical (unpaired) electrons. The van der Waals surface area contributed by atoms with Crippen molar-refractivity contribution in [2.45, 2.75) is 26.2 Å². The lowest BCUT2D eigenvalue weighted by Crippen LogP contribution is -2.16. The van der Waals surface area contributed by atoms with Crippen LogP contribution in [0.3, 0.4) is 0 Å². The molecule has 11 heteroatoms. The van der Waals surface area contributed by atoms with Gasteiger partial charge in [-0.25, -0.2) is 18.7 Å². The molecule has 0 spiro atoms. The number of alkyl halides is 2. The van der Waals surface area contributed by atoms with E-state index in [1.54, 1.807) is 23.6 Å². The van der Waals surface area contributed by atoms with Gasteiger partial charge in [-0.3, -0.25) is 13.9 Å². The van der Waals surface area contributed by atoms with Crippen molar-refractivity contribution < 1.29 is 27.4 Å². The molecule has 1 aliphatic heterocycles. The van der Waals surface area contributed by atoms with Crippen LogP contribution in [0.2, 0.25) is 0 Å². The van der Waals surface area contributed by atoms with E-state index in [0.717, 1.165) is 18.2 Å². The monoisotopic (exact) mass is 466 g/mol. The van der Waals surface area contributed by atoms with E-state index < -0.39 is 28.6 Å². The van der Waals surface area contributed by atoms with E-state index in [0.29, 0.717) is 41.6 Å². The lowest BCUT2D eigenvalue weighted by atomic mass is 10.0. The fraction of sp³-hybridized carbons (Fsp3) is 0.381. The first-order chi connectivity index (χ1) is 15.2. The van der Waals surface area contributed by atoms with Gasteiger partial charge >= 0.3 is 0 Å². The molecule has 8 nitrogen and oxygen atoms in total. The summed E-state index contributed by atoms with van der Waals surface area (Å²) in [6, 6.07) is 5.57. The number of nitrogens with zero attached hydrogens (tertiary/aromatic N) is 3. The highest BCUT2D eigenvalue weighted by Crippen LogP contribution is 2.49. The molecule has 1 atom stereocenters. The zero-order valence-corrected chi connectivity index (χ0v) is 18.2.